The van der Waals surface area contributed by atoms with Crippen molar-refractivity contribution in [3.8, 4) is 5.75 Å². The average molecular weight is 210 g/mol. The zero-order chi connectivity index (χ0) is 11.6. The Bertz CT molecular complexity index is 327. The first-order valence-corrected chi connectivity index (χ1v) is 5.78. The van der Waals surface area contributed by atoms with E-state index in [1.54, 1.807) is 0 Å². The van der Waals surface area contributed by atoms with Gasteiger partial charge in [-0.2, -0.15) is 5.10 Å². The van der Waals surface area contributed by atoms with Crippen LogP contribution < -0.4 is 0 Å². The number of aromatic nitrogens is 2. The van der Waals surface area contributed by atoms with Crippen LogP contribution in [-0.2, 0) is 6.54 Å². The molecule has 1 N–H and O–H groups in total. The molecule has 0 atom stereocenters. The van der Waals surface area contributed by atoms with Gasteiger partial charge in [0.2, 0.25) is 0 Å². The van der Waals surface area contributed by atoms with Crippen molar-refractivity contribution in [2.75, 3.05) is 0 Å². The first-order valence-electron chi connectivity index (χ1n) is 5.78. The van der Waals surface area contributed by atoms with Crippen molar-refractivity contribution in [3.05, 3.63) is 11.4 Å². The highest BCUT2D eigenvalue weighted by Gasteiger charge is 2.20. The van der Waals surface area contributed by atoms with Gasteiger partial charge in [-0.05, 0) is 12.3 Å². The van der Waals surface area contributed by atoms with E-state index < -0.39 is 0 Å². The minimum atomic E-state index is 0.278. The zero-order valence-electron chi connectivity index (χ0n) is 10.4. The highest BCUT2D eigenvalue weighted by Crippen LogP contribution is 2.33. The second-order valence-corrected chi connectivity index (χ2v) is 4.65. The Morgan fingerprint density at radius 3 is 2.20 bits per heavy atom. The Hall–Kier alpha value is -0.990. The van der Waals surface area contributed by atoms with Crippen LogP contribution in [0.1, 0.15) is 64.3 Å². The maximum atomic E-state index is 10.1. The van der Waals surface area contributed by atoms with Crippen molar-refractivity contribution in [1.29, 1.82) is 0 Å². The van der Waals surface area contributed by atoms with Crippen molar-refractivity contribution in [2.24, 2.45) is 0 Å². The molecule has 15 heavy (non-hydrogen) atoms. The van der Waals surface area contributed by atoms with Gasteiger partial charge in [0.05, 0.1) is 5.69 Å². The molecule has 0 aromatic carbocycles. The van der Waals surface area contributed by atoms with Gasteiger partial charge in [-0.3, -0.25) is 4.68 Å². The average Bonchev–Trinajstić information content (AvgIpc) is 2.43. The monoisotopic (exact) mass is 210 g/mol. The summed E-state index contributed by atoms with van der Waals surface area (Å²) in [7, 11) is 0. The Morgan fingerprint density at radius 1 is 1.20 bits per heavy atom. The molecule has 0 aliphatic carbocycles. The topological polar surface area (TPSA) is 38.0 Å². The van der Waals surface area contributed by atoms with Crippen molar-refractivity contribution < 1.29 is 5.11 Å². The highest BCUT2D eigenvalue weighted by molar-refractivity contribution is 5.36. The third-order valence-corrected chi connectivity index (χ3v) is 2.52. The number of rotatable bonds is 4. The third-order valence-electron chi connectivity index (χ3n) is 2.52. The summed E-state index contributed by atoms with van der Waals surface area (Å²) in [6.45, 7) is 11.3. The van der Waals surface area contributed by atoms with Crippen molar-refractivity contribution in [2.45, 2.75) is 59.4 Å². The van der Waals surface area contributed by atoms with E-state index >= 15 is 0 Å². The summed E-state index contributed by atoms with van der Waals surface area (Å²) in [6, 6.07) is 0. The van der Waals surface area contributed by atoms with Crippen LogP contribution in [-0.4, -0.2) is 14.9 Å². The number of nitrogens with zero attached hydrogens (tertiary/aromatic N) is 2. The Balaban J connectivity index is 3.20. The molecular formula is C12H22N2O. The molecule has 0 bridgehead atoms. The molecule has 1 aromatic rings. The van der Waals surface area contributed by atoms with Crippen LogP contribution in [0.15, 0.2) is 0 Å². The first-order chi connectivity index (χ1) is 6.99. The molecule has 0 unspecified atom stereocenters. The molecule has 0 aliphatic heterocycles. The summed E-state index contributed by atoms with van der Waals surface area (Å²) in [6.07, 6.45) is 1.04. The smallest absolute Gasteiger partial charge is 0.160 e. The highest BCUT2D eigenvalue weighted by atomic mass is 16.3. The SMILES string of the molecule is CCCn1nc(C(C)C)c(O)c1C(C)C. The summed E-state index contributed by atoms with van der Waals surface area (Å²) in [5.41, 5.74) is 1.80. The molecule has 1 aromatic heterocycles. The van der Waals surface area contributed by atoms with Gasteiger partial charge in [-0.15, -0.1) is 0 Å². The van der Waals surface area contributed by atoms with E-state index in [1.165, 1.54) is 0 Å². The Morgan fingerprint density at radius 2 is 1.80 bits per heavy atom. The van der Waals surface area contributed by atoms with Crippen LogP contribution in [0.2, 0.25) is 0 Å². The fourth-order valence-electron chi connectivity index (χ4n) is 1.83. The second-order valence-electron chi connectivity index (χ2n) is 4.65. The predicted octanol–water partition coefficient (Wildman–Crippen LogP) is 3.25. The Labute approximate surface area is 92.1 Å². The minimum Gasteiger partial charge on any atom is -0.504 e. The molecule has 86 valence electrons. The lowest BCUT2D eigenvalue weighted by atomic mass is 10.1. The van der Waals surface area contributed by atoms with Gasteiger partial charge in [0, 0.05) is 12.5 Å². The second kappa shape index (κ2) is 4.69. The fourth-order valence-corrected chi connectivity index (χ4v) is 1.83. The molecule has 0 saturated heterocycles. The van der Waals surface area contributed by atoms with E-state index in [1.807, 2.05) is 4.68 Å². The van der Waals surface area contributed by atoms with E-state index in [0.29, 0.717) is 11.7 Å². The minimum absolute atomic E-state index is 0.278. The van der Waals surface area contributed by atoms with Crippen molar-refractivity contribution in [3.63, 3.8) is 0 Å². The third kappa shape index (κ3) is 2.33. The van der Waals surface area contributed by atoms with Crippen LogP contribution in [0.25, 0.3) is 0 Å². The van der Waals surface area contributed by atoms with E-state index in [2.05, 4.69) is 39.7 Å². The number of hydrogen-bond donors (Lipinski definition) is 1. The number of hydrogen-bond acceptors (Lipinski definition) is 2. The molecule has 0 aliphatic rings. The van der Waals surface area contributed by atoms with Crippen molar-refractivity contribution >= 4 is 0 Å². The molecule has 1 heterocycles. The van der Waals surface area contributed by atoms with Crippen LogP contribution >= 0.6 is 0 Å². The first kappa shape index (κ1) is 12.1. The molecule has 0 fully saturated rings. The molecule has 0 spiro atoms. The van der Waals surface area contributed by atoms with Gasteiger partial charge in [-0.1, -0.05) is 34.6 Å². The molecule has 3 nitrogen and oxygen atoms in total. The lowest BCUT2D eigenvalue weighted by Gasteiger charge is -2.08. The molecule has 0 amide bonds. The van der Waals surface area contributed by atoms with Gasteiger partial charge in [0.15, 0.2) is 5.75 Å². The van der Waals surface area contributed by atoms with Crippen LogP contribution in [0.3, 0.4) is 0 Å². The molecular weight excluding hydrogens is 188 g/mol. The largest absolute Gasteiger partial charge is 0.504 e. The number of aryl methyl sites for hydroxylation is 1. The molecule has 0 saturated carbocycles. The van der Waals surface area contributed by atoms with Gasteiger partial charge in [-0.25, -0.2) is 0 Å². The van der Waals surface area contributed by atoms with Gasteiger partial charge in [0.1, 0.15) is 5.69 Å². The van der Waals surface area contributed by atoms with Crippen LogP contribution in [0.5, 0.6) is 5.75 Å². The lowest BCUT2D eigenvalue weighted by Crippen LogP contribution is -2.06. The quantitative estimate of drug-likeness (QED) is 0.828. The van der Waals surface area contributed by atoms with Gasteiger partial charge in [0.25, 0.3) is 0 Å². The van der Waals surface area contributed by atoms with E-state index in [9.17, 15) is 5.11 Å². The molecule has 3 heteroatoms. The standard InChI is InChI=1S/C12H22N2O/c1-6-7-14-11(9(4)5)12(15)10(13-14)8(2)3/h8-9,15H,6-7H2,1-5H3. The van der Waals surface area contributed by atoms with Gasteiger partial charge >= 0.3 is 0 Å². The van der Waals surface area contributed by atoms with Crippen LogP contribution in [0, 0.1) is 0 Å². The molecule has 0 radical (unpaired) electrons. The normalized spacial score (nSPS) is 11.7. The van der Waals surface area contributed by atoms with Crippen LogP contribution in [0.4, 0.5) is 0 Å². The summed E-state index contributed by atoms with van der Waals surface area (Å²) in [4.78, 5) is 0. The zero-order valence-corrected chi connectivity index (χ0v) is 10.4. The Kier molecular flexibility index (Phi) is 3.77. The van der Waals surface area contributed by atoms with E-state index in [-0.39, 0.29) is 5.92 Å². The summed E-state index contributed by atoms with van der Waals surface area (Å²) in [5, 5.41) is 14.6. The lowest BCUT2D eigenvalue weighted by molar-refractivity contribution is 0.450. The predicted molar refractivity (Wildman–Crippen MR) is 62.4 cm³/mol. The van der Waals surface area contributed by atoms with E-state index in [0.717, 1.165) is 24.4 Å². The fraction of sp³-hybridized carbons (Fsp3) is 0.750. The maximum absolute atomic E-state index is 10.1. The molecule has 1 rings (SSSR count). The summed E-state index contributed by atoms with van der Waals surface area (Å²) >= 11 is 0. The summed E-state index contributed by atoms with van der Waals surface area (Å²) < 4.78 is 1.95. The maximum Gasteiger partial charge on any atom is 0.160 e. The number of aromatic hydroxyl groups is 1. The van der Waals surface area contributed by atoms with Crippen molar-refractivity contribution in [1.82, 2.24) is 9.78 Å². The summed E-state index contributed by atoms with van der Waals surface area (Å²) in [5.74, 6) is 0.991. The van der Waals surface area contributed by atoms with E-state index in [4.69, 9.17) is 0 Å². The van der Waals surface area contributed by atoms with Gasteiger partial charge < -0.3 is 5.11 Å².